The molecule has 0 aliphatic rings. The highest BCUT2D eigenvalue weighted by Crippen LogP contribution is 2.16. The van der Waals surface area contributed by atoms with Crippen LogP contribution in [0.5, 0.6) is 0 Å². The Kier molecular flexibility index (Phi) is 4.41. The number of carbonyl (C=O) groups is 1. The average Bonchev–Trinajstić information content (AvgIpc) is 2.86. The number of nitrogens with zero attached hydrogens (tertiary/aromatic N) is 1. The zero-order valence-corrected chi connectivity index (χ0v) is 12.6. The summed E-state index contributed by atoms with van der Waals surface area (Å²) in [6.45, 7) is 0.301. The maximum absolute atomic E-state index is 13.5. The number of para-hydroxylation sites is 2. The van der Waals surface area contributed by atoms with Gasteiger partial charge in [-0.3, -0.25) is 9.36 Å². The molecule has 0 atom stereocenters. The van der Waals surface area contributed by atoms with Crippen molar-refractivity contribution in [1.29, 1.82) is 0 Å². The monoisotopic (exact) mass is 332 g/mol. The van der Waals surface area contributed by atoms with Crippen molar-refractivity contribution in [1.82, 2.24) is 4.57 Å². The number of aryl methyl sites for hydroxylation is 1. The van der Waals surface area contributed by atoms with Gasteiger partial charge in [0.15, 0.2) is 5.58 Å². The Morgan fingerprint density at radius 3 is 2.75 bits per heavy atom. The van der Waals surface area contributed by atoms with Gasteiger partial charge in [-0.25, -0.2) is 13.6 Å². The number of oxazole rings is 1. The molecule has 1 N–H and O–H groups in total. The van der Waals surface area contributed by atoms with Crippen LogP contribution in [0.25, 0.3) is 11.1 Å². The normalized spacial score (nSPS) is 10.9. The molecule has 0 radical (unpaired) electrons. The lowest BCUT2D eigenvalue weighted by molar-refractivity contribution is -0.116. The van der Waals surface area contributed by atoms with Crippen LogP contribution in [-0.2, 0) is 11.3 Å². The molecule has 24 heavy (non-hydrogen) atoms. The van der Waals surface area contributed by atoms with E-state index in [1.54, 1.807) is 24.3 Å². The Labute approximate surface area is 135 Å². The average molecular weight is 332 g/mol. The van der Waals surface area contributed by atoms with Crippen molar-refractivity contribution in [2.24, 2.45) is 0 Å². The van der Waals surface area contributed by atoms with Crippen LogP contribution in [-0.4, -0.2) is 10.5 Å². The molecule has 1 amide bonds. The molecular weight excluding hydrogens is 318 g/mol. The fourth-order valence-corrected chi connectivity index (χ4v) is 2.43. The van der Waals surface area contributed by atoms with Gasteiger partial charge in [-0.05, 0) is 30.7 Å². The van der Waals surface area contributed by atoms with Crippen molar-refractivity contribution < 1.29 is 18.0 Å². The van der Waals surface area contributed by atoms with E-state index < -0.39 is 23.3 Å². The SMILES string of the molecule is O=C(CCCn1c(=O)oc2ccccc21)Nc1ccc(F)cc1F. The number of amides is 1. The highest BCUT2D eigenvalue weighted by molar-refractivity contribution is 5.90. The van der Waals surface area contributed by atoms with Gasteiger partial charge in [-0.15, -0.1) is 0 Å². The molecule has 3 aromatic rings. The predicted molar refractivity (Wildman–Crippen MR) is 84.7 cm³/mol. The predicted octanol–water partition coefficient (Wildman–Crippen LogP) is 3.29. The number of aromatic nitrogens is 1. The van der Waals surface area contributed by atoms with Crippen LogP contribution in [0.1, 0.15) is 12.8 Å². The molecule has 124 valence electrons. The van der Waals surface area contributed by atoms with E-state index in [-0.39, 0.29) is 12.1 Å². The summed E-state index contributed by atoms with van der Waals surface area (Å²) in [6.07, 6.45) is 0.459. The van der Waals surface area contributed by atoms with Crippen molar-refractivity contribution >= 4 is 22.7 Å². The van der Waals surface area contributed by atoms with Crippen LogP contribution in [0.3, 0.4) is 0 Å². The van der Waals surface area contributed by atoms with Gasteiger partial charge in [0.1, 0.15) is 11.6 Å². The number of nitrogens with one attached hydrogen (secondary N) is 1. The first-order chi connectivity index (χ1) is 11.5. The largest absolute Gasteiger partial charge is 0.419 e. The number of rotatable bonds is 5. The Bertz CT molecular complexity index is 946. The topological polar surface area (TPSA) is 64.2 Å². The van der Waals surface area contributed by atoms with E-state index in [0.29, 0.717) is 30.1 Å². The number of anilines is 1. The van der Waals surface area contributed by atoms with Gasteiger partial charge in [0, 0.05) is 19.0 Å². The third-order valence-electron chi connectivity index (χ3n) is 3.56. The van der Waals surface area contributed by atoms with E-state index >= 15 is 0 Å². The minimum absolute atomic E-state index is 0.0765. The fraction of sp³-hybridized carbons (Fsp3) is 0.176. The number of hydrogen-bond donors (Lipinski definition) is 1. The summed E-state index contributed by atoms with van der Waals surface area (Å²) in [6, 6.07) is 9.93. The number of halogens is 2. The summed E-state index contributed by atoms with van der Waals surface area (Å²) in [5.41, 5.74) is 1.07. The van der Waals surface area contributed by atoms with Crippen LogP contribution in [0.15, 0.2) is 51.7 Å². The van der Waals surface area contributed by atoms with Crippen LogP contribution < -0.4 is 11.1 Å². The lowest BCUT2D eigenvalue weighted by atomic mass is 10.2. The molecule has 7 heteroatoms. The van der Waals surface area contributed by atoms with E-state index in [0.717, 1.165) is 12.1 Å². The van der Waals surface area contributed by atoms with Crippen molar-refractivity contribution in [2.45, 2.75) is 19.4 Å². The summed E-state index contributed by atoms with van der Waals surface area (Å²) in [4.78, 5) is 23.6. The summed E-state index contributed by atoms with van der Waals surface area (Å²) < 4.78 is 32.8. The van der Waals surface area contributed by atoms with Crippen LogP contribution in [0.4, 0.5) is 14.5 Å². The van der Waals surface area contributed by atoms with Gasteiger partial charge in [-0.1, -0.05) is 12.1 Å². The molecule has 1 heterocycles. The zero-order valence-electron chi connectivity index (χ0n) is 12.6. The first kappa shape index (κ1) is 15.9. The number of carbonyl (C=O) groups excluding carboxylic acids is 1. The Morgan fingerprint density at radius 2 is 1.96 bits per heavy atom. The molecule has 0 bridgehead atoms. The van der Waals surface area contributed by atoms with Gasteiger partial charge in [0.25, 0.3) is 0 Å². The number of hydrogen-bond acceptors (Lipinski definition) is 3. The van der Waals surface area contributed by atoms with Gasteiger partial charge >= 0.3 is 5.76 Å². The maximum atomic E-state index is 13.5. The van der Waals surface area contributed by atoms with E-state index in [4.69, 9.17) is 4.42 Å². The minimum atomic E-state index is -0.833. The number of fused-ring (bicyclic) bond motifs is 1. The first-order valence-corrected chi connectivity index (χ1v) is 7.38. The molecular formula is C17H14F2N2O3. The molecule has 0 unspecified atom stereocenters. The van der Waals surface area contributed by atoms with Gasteiger partial charge < -0.3 is 9.73 Å². The van der Waals surface area contributed by atoms with E-state index in [1.165, 1.54) is 4.57 Å². The molecule has 0 spiro atoms. The van der Waals surface area contributed by atoms with Crippen LogP contribution in [0, 0.1) is 11.6 Å². The van der Waals surface area contributed by atoms with Crippen LogP contribution >= 0.6 is 0 Å². The van der Waals surface area contributed by atoms with Crippen molar-refractivity contribution in [3.63, 3.8) is 0 Å². The highest BCUT2D eigenvalue weighted by atomic mass is 19.1. The summed E-state index contributed by atoms with van der Waals surface area (Å²) in [5.74, 6) is -2.44. The molecule has 0 aliphatic carbocycles. The van der Waals surface area contributed by atoms with Crippen LogP contribution in [0.2, 0.25) is 0 Å². The standard InChI is InChI=1S/C17H14F2N2O3/c18-11-7-8-13(12(19)10-11)20-16(22)6-3-9-21-14-4-1-2-5-15(14)24-17(21)23/h1-2,4-5,7-8,10H,3,6,9H2,(H,20,22). The summed E-state index contributed by atoms with van der Waals surface area (Å²) in [5, 5.41) is 2.38. The summed E-state index contributed by atoms with van der Waals surface area (Å²) in [7, 11) is 0. The second-order valence-corrected chi connectivity index (χ2v) is 5.26. The first-order valence-electron chi connectivity index (χ1n) is 7.38. The molecule has 5 nitrogen and oxygen atoms in total. The van der Waals surface area contributed by atoms with Gasteiger partial charge in [0.2, 0.25) is 5.91 Å². The maximum Gasteiger partial charge on any atom is 0.419 e. The number of benzene rings is 2. The Morgan fingerprint density at radius 1 is 1.17 bits per heavy atom. The van der Waals surface area contributed by atoms with Gasteiger partial charge in [0.05, 0.1) is 11.2 Å². The van der Waals surface area contributed by atoms with Crippen molar-refractivity contribution in [2.75, 3.05) is 5.32 Å². The Balaban J connectivity index is 1.60. The fourth-order valence-electron chi connectivity index (χ4n) is 2.43. The quantitative estimate of drug-likeness (QED) is 0.780. The zero-order chi connectivity index (χ0) is 17.1. The second-order valence-electron chi connectivity index (χ2n) is 5.26. The van der Waals surface area contributed by atoms with E-state index in [1.807, 2.05) is 0 Å². The second kappa shape index (κ2) is 6.66. The molecule has 0 fully saturated rings. The van der Waals surface area contributed by atoms with Crippen molar-refractivity contribution in [3.05, 3.63) is 64.6 Å². The third-order valence-corrected chi connectivity index (χ3v) is 3.56. The smallest absolute Gasteiger partial charge is 0.408 e. The molecule has 0 aliphatic heterocycles. The molecule has 1 aromatic heterocycles. The highest BCUT2D eigenvalue weighted by Gasteiger charge is 2.11. The molecule has 0 saturated carbocycles. The minimum Gasteiger partial charge on any atom is -0.408 e. The van der Waals surface area contributed by atoms with Crippen molar-refractivity contribution in [3.8, 4) is 0 Å². The Hall–Kier alpha value is -2.96. The van der Waals surface area contributed by atoms with E-state index in [2.05, 4.69) is 5.32 Å². The molecule has 2 aromatic carbocycles. The third kappa shape index (κ3) is 3.34. The lowest BCUT2D eigenvalue weighted by Crippen LogP contribution is -2.17. The van der Waals surface area contributed by atoms with Gasteiger partial charge in [-0.2, -0.15) is 0 Å². The summed E-state index contributed by atoms with van der Waals surface area (Å²) >= 11 is 0. The molecule has 0 saturated heterocycles. The van der Waals surface area contributed by atoms with E-state index in [9.17, 15) is 18.4 Å². The lowest BCUT2D eigenvalue weighted by Gasteiger charge is -2.06. The molecule has 3 rings (SSSR count).